The number of hydrogen-bond donors (Lipinski definition) is 0. The normalized spacial score (nSPS) is 11.0. The quantitative estimate of drug-likeness (QED) is 0.490. The molecule has 0 saturated heterocycles. The summed E-state index contributed by atoms with van der Waals surface area (Å²) in [7, 11) is 0. The smallest absolute Gasteiger partial charge is 0.178 e. The van der Waals surface area contributed by atoms with Crippen LogP contribution in [0.5, 0.6) is 0 Å². The molecule has 4 nitrogen and oxygen atoms in total. The molecule has 4 rings (SSSR count). The van der Waals surface area contributed by atoms with Gasteiger partial charge in [0.25, 0.3) is 0 Å². The van der Waals surface area contributed by atoms with Gasteiger partial charge in [0.05, 0.1) is 11.4 Å². The van der Waals surface area contributed by atoms with Crippen LogP contribution in [0.15, 0.2) is 55.0 Å². The zero-order valence-corrected chi connectivity index (χ0v) is 13.4. The van der Waals surface area contributed by atoms with E-state index in [0.29, 0.717) is 28.1 Å². The van der Waals surface area contributed by atoms with E-state index < -0.39 is 16.7 Å². The van der Waals surface area contributed by atoms with Crippen LogP contribution in [0.2, 0.25) is 5.02 Å². The second-order valence-corrected chi connectivity index (χ2v) is 5.60. The first-order valence-corrected chi connectivity index (χ1v) is 7.70. The van der Waals surface area contributed by atoms with Gasteiger partial charge >= 0.3 is 0 Å². The van der Waals surface area contributed by atoms with Crippen LogP contribution in [0.4, 0.5) is 8.78 Å². The maximum atomic E-state index is 14.4. The van der Waals surface area contributed by atoms with Crippen molar-refractivity contribution in [3.05, 3.63) is 71.6 Å². The second-order valence-electron chi connectivity index (χ2n) is 5.22. The van der Waals surface area contributed by atoms with Crippen molar-refractivity contribution in [2.75, 3.05) is 0 Å². The highest BCUT2D eigenvalue weighted by Gasteiger charge is 2.18. The third-order valence-electron chi connectivity index (χ3n) is 3.71. The maximum absolute atomic E-state index is 14.4. The molecular weight excluding hydrogens is 346 g/mol. The fourth-order valence-corrected chi connectivity index (χ4v) is 2.70. The van der Waals surface area contributed by atoms with E-state index in [1.807, 2.05) is 0 Å². The lowest BCUT2D eigenvalue weighted by molar-refractivity contribution is 0.586. The van der Waals surface area contributed by atoms with Crippen molar-refractivity contribution < 1.29 is 8.78 Å². The summed E-state index contributed by atoms with van der Waals surface area (Å²) < 4.78 is 27.9. The molecule has 0 unspecified atom stereocenters. The van der Waals surface area contributed by atoms with E-state index >= 15 is 0 Å². The highest BCUT2D eigenvalue weighted by Crippen LogP contribution is 2.34. The molecule has 0 N–H and O–H groups in total. The van der Waals surface area contributed by atoms with Crippen LogP contribution in [-0.2, 0) is 0 Å². The Bertz CT molecular complexity index is 1100. The zero-order chi connectivity index (χ0) is 17.4. The van der Waals surface area contributed by atoms with E-state index in [4.69, 9.17) is 11.6 Å². The molecule has 3 aromatic heterocycles. The third-order valence-corrected chi connectivity index (χ3v) is 4.05. The Hall–Kier alpha value is -2.99. The molecule has 0 aliphatic heterocycles. The van der Waals surface area contributed by atoms with E-state index in [0.717, 1.165) is 6.07 Å². The van der Waals surface area contributed by atoms with Crippen LogP contribution in [0.25, 0.3) is 33.7 Å². The Kier molecular flexibility index (Phi) is 3.82. The first-order chi connectivity index (χ1) is 12.1. The minimum Gasteiger partial charge on any atom is -0.255 e. The molecule has 25 heavy (non-hydrogen) atoms. The first kappa shape index (κ1) is 15.5. The molecule has 0 saturated carbocycles. The van der Waals surface area contributed by atoms with Crippen LogP contribution < -0.4 is 0 Å². The van der Waals surface area contributed by atoms with Gasteiger partial charge in [0.15, 0.2) is 11.5 Å². The van der Waals surface area contributed by atoms with E-state index in [2.05, 4.69) is 19.9 Å². The standard InChI is InChI=1S/C18H9ClF2N4/c19-15-12(20)4-3-11(16(15)21)17-10(2-1-7-23-17)13-5-6-14-18(25-13)24-9-8-22-14/h1-9H. The molecule has 122 valence electrons. The Morgan fingerprint density at radius 2 is 1.64 bits per heavy atom. The minimum absolute atomic E-state index is 0.100. The van der Waals surface area contributed by atoms with Gasteiger partial charge in [0.2, 0.25) is 0 Å². The topological polar surface area (TPSA) is 51.6 Å². The number of fused-ring (bicyclic) bond motifs is 1. The summed E-state index contributed by atoms with van der Waals surface area (Å²) in [6.45, 7) is 0. The van der Waals surface area contributed by atoms with E-state index in [9.17, 15) is 8.78 Å². The summed E-state index contributed by atoms with van der Waals surface area (Å²) in [5.74, 6) is -1.68. The van der Waals surface area contributed by atoms with Gasteiger partial charge in [0, 0.05) is 29.7 Å². The molecule has 4 aromatic rings. The number of aromatic nitrogens is 4. The third kappa shape index (κ3) is 2.70. The van der Waals surface area contributed by atoms with Crippen molar-refractivity contribution in [3.8, 4) is 22.5 Å². The lowest BCUT2D eigenvalue weighted by atomic mass is 10.0. The number of nitrogens with zero attached hydrogens (tertiary/aromatic N) is 4. The van der Waals surface area contributed by atoms with E-state index in [1.165, 1.54) is 12.3 Å². The zero-order valence-electron chi connectivity index (χ0n) is 12.6. The average Bonchev–Trinajstić information content (AvgIpc) is 2.66. The van der Waals surface area contributed by atoms with Gasteiger partial charge in [-0.05, 0) is 36.4 Å². The second kappa shape index (κ2) is 6.14. The van der Waals surface area contributed by atoms with Gasteiger partial charge in [-0.2, -0.15) is 0 Å². The predicted molar refractivity (Wildman–Crippen MR) is 90.9 cm³/mol. The molecule has 3 heterocycles. The monoisotopic (exact) mass is 354 g/mol. The summed E-state index contributed by atoms with van der Waals surface area (Å²) >= 11 is 5.70. The maximum Gasteiger partial charge on any atom is 0.178 e. The number of pyridine rings is 2. The molecule has 0 atom stereocenters. The van der Waals surface area contributed by atoms with Crippen molar-refractivity contribution in [1.29, 1.82) is 0 Å². The number of hydrogen-bond acceptors (Lipinski definition) is 4. The number of rotatable bonds is 2. The summed E-state index contributed by atoms with van der Waals surface area (Å²) in [6.07, 6.45) is 4.65. The fraction of sp³-hybridized carbons (Fsp3) is 0. The molecule has 0 bridgehead atoms. The SMILES string of the molecule is Fc1ccc(-c2ncccc2-c2ccc3nccnc3n2)c(F)c1Cl. The summed E-state index contributed by atoms with van der Waals surface area (Å²) in [5.41, 5.74) is 2.66. The predicted octanol–water partition coefficient (Wildman–Crippen LogP) is 4.69. The lowest BCUT2D eigenvalue weighted by Crippen LogP contribution is -1.96. The number of benzene rings is 1. The van der Waals surface area contributed by atoms with Gasteiger partial charge < -0.3 is 0 Å². The summed E-state index contributed by atoms with van der Waals surface area (Å²) in [5, 5.41) is -0.563. The first-order valence-electron chi connectivity index (χ1n) is 7.32. The van der Waals surface area contributed by atoms with Crippen LogP contribution >= 0.6 is 11.6 Å². The molecule has 1 aromatic carbocycles. The van der Waals surface area contributed by atoms with Crippen molar-refractivity contribution in [1.82, 2.24) is 19.9 Å². The summed E-state index contributed by atoms with van der Waals surface area (Å²) in [6, 6.07) is 9.41. The lowest BCUT2D eigenvalue weighted by Gasteiger charge is -2.10. The molecular formula is C18H9ClF2N4. The fourth-order valence-electron chi connectivity index (χ4n) is 2.54. The highest BCUT2D eigenvalue weighted by atomic mass is 35.5. The van der Waals surface area contributed by atoms with Crippen molar-refractivity contribution in [2.24, 2.45) is 0 Å². The van der Waals surface area contributed by atoms with Gasteiger partial charge in [-0.1, -0.05) is 11.6 Å². The van der Waals surface area contributed by atoms with E-state index in [-0.39, 0.29) is 5.56 Å². The molecule has 0 radical (unpaired) electrons. The molecule has 7 heteroatoms. The van der Waals surface area contributed by atoms with Crippen molar-refractivity contribution in [2.45, 2.75) is 0 Å². The molecule has 0 fully saturated rings. The molecule has 0 amide bonds. The largest absolute Gasteiger partial charge is 0.255 e. The van der Waals surface area contributed by atoms with Crippen LogP contribution in [0, 0.1) is 11.6 Å². The summed E-state index contributed by atoms with van der Waals surface area (Å²) in [4.78, 5) is 17.0. The molecule has 0 spiro atoms. The molecule has 0 aliphatic carbocycles. The van der Waals surface area contributed by atoms with Crippen molar-refractivity contribution in [3.63, 3.8) is 0 Å². The van der Waals surface area contributed by atoms with Gasteiger partial charge in [0.1, 0.15) is 16.4 Å². The Morgan fingerprint density at radius 1 is 0.800 bits per heavy atom. The molecule has 0 aliphatic rings. The number of halogens is 3. The average molecular weight is 355 g/mol. The van der Waals surface area contributed by atoms with Crippen molar-refractivity contribution >= 4 is 22.8 Å². The van der Waals surface area contributed by atoms with Gasteiger partial charge in [-0.3, -0.25) is 9.97 Å². The van der Waals surface area contributed by atoms with Crippen LogP contribution in [0.1, 0.15) is 0 Å². The Labute approximate surface area is 146 Å². The van der Waals surface area contributed by atoms with Gasteiger partial charge in [-0.15, -0.1) is 0 Å². The van der Waals surface area contributed by atoms with E-state index in [1.54, 1.807) is 36.7 Å². The van der Waals surface area contributed by atoms with Crippen LogP contribution in [-0.4, -0.2) is 19.9 Å². The van der Waals surface area contributed by atoms with Crippen LogP contribution in [0.3, 0.4) is 0 Å². The Balaban J connectivity index is 1.94. The van der Waals surface area contributed by atoms with Gasteiger partial charge in [-0.25, -0.2) is 18.7 Å². The Morgan fingerprint density at radius 3 is 2.52 bits per heavy atom. The minimum atomic E-state index is -0.859. The highest BCUT2D eigenvalue weighted by molar-refractivity contribution is 6.31.